The lowest BCUT2D eigenvalue weighted by Gasteiger charge is -2.29. The molecule has 2 atom stereocenters. The van der Waals surface area contributed by atoms with Gasteiger partial charge >= 0.3 is 18.2 Å². The predicted octanol–water partition coefficient (Wildman–Crippen LogP) is 1.85. The molecule has 1 aromatic heterocycles. The average Bonchev–Trinajstić information content (AvgIpc) is 2.37. The summed E-state index contributed by atoms with van der Waals surface area (Å²) in [5.41, 5.74) is -2.95. The maximum Gasteiger partial charge on any atom is 0.422 e. The minimum absolute atomic E-state index is 0.375. The van der Waals surface area contributed by atoms with Crippen LogP contribution in [-0.2, 0) is 4.79 Å². The molecule has 0 aliphatic carbocycles. The van der Waals surface area contributed by atoms with Crippen LogP contribution in [0.15, 0.2) is 24.4 Å². The lowest BCUT2D eigenvalue weighted by Crippen LogP contribution is -2.63. The zero-order chi connectivity index (χ0) is 16.3. The Bertz CT molecular complexity index is 521. The van der Waals surface area contributed by atoms with Crippen molar-refractivity contribution in [2.24, 2.45) is 0 Å². The van der Waals surface area contributed by atoms with Crippen LogP contribution >= 0.6 is 0 Å². The SMILES string of the molecule is CC(NC(=O)NC(C)(C(=O)O)C(F)(F)F)c1ccccn1. The molecular formula is C12H14F3N3O3. The first-order valence-electron chi connectivity index (χ1n) is 5.87. The number of urea groups is 1. The number of halogens is 3. The van der Waals surface area contributed by atoms with Gasteiger partial charge in [-0.2, -0.15) is 13.2 Å². The van der Waals surface area contributed by atoms with E-state index >= 15 is 0 Å². The van der Waals surface area contributed by atoms with Crippen LogP contribution in [0.3, 0.4) is 0 Å². The van der Waals surface area contributed by atoms with Gasteiger partial charge in [-0.15, -0.1) is 0 Å². The van der Waals surface area contributed by atoms with Crippen LogP contribution < -0.4 is 10.6 Å². The van der Waals surface area contributed by atoms with Crippen molar-refractivity contribution in [2.75, 3.05) is 0 Å². The van der Waals surface area contributed by atoms with Crippen molar-refractivity contribution in [1.29, 1.82) is 0 Å². The fraction of sp³-hybridized carbons (Fsp3) is 0.417. The van der Waals surface area contributed by atoms with Crippen LogP contribution in [0.5, 0.6) is 0 Å². The van der Waals surface area contributed by atoms with Crippen molar-refractivity contribution in [2.45, 2.75) is 31.6 Å². The van der Waals surface area contributed by atoms with Crippen molar-refractivity contribution in [3.63, 3.8) is 0 Å². The lowest BCUT2D eigenvalue weighted by atomic mass is 10.0. The summed E-state index contributed by atoms with van der Waals surface area (Å²) in [6.07, 6.45) is -3.67. The van der Waals surface area contributed by atoms with Gasteiger partial charge in [0.25, 0.3) is 0 Å². The molecule has 0 spiro atoms. The molecule has 0 radical (unpaired) electrons. The van der Waals surface area contributed by atoms with E-state index in [4.69, 9.17) is 5.11 Å². The van der Waals surface area contributed by atoms with E-state index in [1.165, 1.54) is 18.4 Å². The number of aromatic nitrogens is 1. The Morgan fingerprint density at radius 2 is 1.95 bits per heavy atom. The number of rotatable bonds is 4. The van der Waals surface area contributed by atoms with E-state index in [2.05, 4.69) is 10.3 Å². The van der Waals surface area contributed by atoms with Gasteiger partial charge in [0.05, 0.1) is 11.7 Å². The van der Waals surface area contributed by atoms with Gasteiger partial charge in [0.1, 0.15) is 0 Å². The molecule has 0 saturated carbocycles. The van der Waals surface area contributed by atoms with Crippen LogP contribution in [0.25, 0.3) is 0 Å². The largest absolute Gasteiger partial charge is 0.479 e. The van der Waals surface area contributed by atoms with E-state index in [1.54, 1.807) is 18.2 Å². The van der Waals surface area contributed by atoms with E-state index < -0.39 is 29.8 Å². The normalized spacial score (nSPS) is 15.7. The molecule has 0 aromatic carbocycles. The number of carbonyl (C=O) groups is 2. The third-order valence-electron chi connectivity index (χ3n) is 2.84. The number of hydrogen-bond donors (Lipinski definition) is 3. The molecule has 116 valence electrons. The molecule has 21 heavy (non-hydrogen) atoms. The number of nitrogens with zero attached hydrogens (tertiary/aromatic N) is 1. The van der Waals surface area contributed by atoms with Crippen molar-refractivity contribution < 1.29 is 27.9 Å². The summed E-state index contributed by atoms with van der Waals surface area (Å²) in [5.74, 6) is -2.20. The monoisotopic (exact) mass is 305 g/mol. The highest BCUT2D eigenvalue weighted by molar-refractivity contribution is 5.86. The number of carboxylic acids is 1. The number of carboxylic acid groups (broad SMARTS) is 1. The molecule has 0 aliphatic rings. The number of aliphatic carboxylic acids is 1. The highest BCUT2D eigenvalue weighted by Gasteiger charge is 2.58. The Balaban J connectivity index is 2.79. The maximum absolute atomic E-state index is 12.7. The molecule has 0 bridgehead atoms. The standard InChI is InChI=1S/C12H14F3N3O3/c1-7(8-5-3-4-6-16-8)17-10(21)18-11(2,9(19)20)12(13,14)15/h3-7H,1-2H3,(H,19,20)(H2,17,18,21). The van der Waals surface area contributed by atoms with Gasteiger partial charge in [-0.1, -0.05) is 6.07 Å². The molecule has 1 aromatic rings. The quantitative estimate of drug-likeness (QED) is 0.791. The summed E-state index contributed by atoms with van der Waals surface area (Å²) >= 11 is 0. The molecule has 1 rings (SSSR count). The smallest absolute Gasteiger partial charge is 0.422 e. The highest BCUT2D eigenvalue weighted by Crippen LogP contribution is 2.30. The topological polar surface area (TPSA) is 91.3 Å². The Morgan fingerprint density at radius 3 is 2.38 bits per heavy atom. The van der Waals surface area contributed by atoms with E-state index in [1.807, 2.05) is 0 Å². The summed E-state index contributed by atoms with van der Waals surface area (Å²) in [6.45, 7) is 1.88. The first kappa shape index (κ1) is 16.7. The molecule has 2 unspecified atom stereocenters. The van der Waals surface area contributed by atoms with Crippen LogP contribution in [0.1, 0.15) is 25.6 Å². The zero-order valence-electron chi connectivity index (χ0n) is 11.2. The van der Waals surface area contributed by atoms with Crippen molar-refractivity contribution in [1.82, 2.24) is 15.6 Å². The molecule has 1 heterocycles. The van der Waals surface area contributed by atoms with Crippen molar-refractivity contribution in [3.05, 3.63) is 30.1 Å². The first-order chi connectivity index (χ1) is 9.58. The lowest BCUT2D eigenvalue weighted by molar-refractivity contribution is -0.203. The second-order valence-corrected chi connectivity index (χ2v) is 4.50. The van der Waals surface area contributed by atoms with E-state index in [0.717, 1.165) is 0 Å². The first-order valence-corrected chi connectivity index (χ1v) is 5.87. The van der Waals surface area contributed by atoms with Crippen LogP contribution in [0, 0.1) is 0 Å². The molecule has 0 aliphatic heterocycles. The minimum Gasteiger partial charge on any atom is -0.479 e. The molecule has 2 amide bonds. The summed E-state index contributed by atoms with van der Waals surface area (Å²) in [6, 6.07) is 2.93. The number of hydrogen-bond acceptors (Lipinski definition) is 3. The van der Waals surface area contributed by atoms with Crippen LogP contribution in [0.4, 0.5) is 18.0 Å². The Labute approximate surface area is 118 Å². The third-order valence-corrected chi connectivity index (χ3v) is 2.84. The molecule has 6 nitrogen and oxygen atoms in total. The van der Waals surface area contributed by atoms with Gasteiger partial charge in [0.2, 0.25) is 5.54 Å². The van der Waals surface area contributed by atoms with Gasteiger partial charge in [0.15, 0.2) is 0 Å². The fourth-order valence-electron chi connectivity index (χ4n) is 1.41. The van der Waals surface area contributed by atoms with E-state index in [-0.39, 0.29) is 0 Å². The number of pyridine rings is 1. The van der Waals surface area contributed by atoms with Gasteiger partial charge in [-0.05, 0) is 26.0 Å². The van der Waals surface area contributed by atoms with Crippen LogP contribution in [-0.4, -0.2) is 33.8 Å². The second-order valence-electron chi connectivity index (χ2n) is 4.50. The van der Waals surface area contributed by atoms with Crippen LogP contribution in [0.2, 0.25) is 0 Å². The number of carbonyl (C=O) groups excluding carboxylic acids is 1. The van der Waals surface area contributed by atoms with Gasteiger partial charge in [-0.3, -0.25) is 4.98 Å². The summed E-state index contributed by atoms with van der Waals surface area (Å²) < 4.78 is 38.2. The zero-order valence-corrected chi connectivity index (χ0v) is 11.2. The van der Waals surface area contributed by atoms with Crippen molar-refractivity contribution >= 4 is 12.0 Å². The number of alkyl halides is 3. The Kier molecular flexibility index (Phi) is 4.77. The molecule has 3 N–H and O–H groups in total. The van der Waals surface area contributed by atoms with E-state index in [0.29, 0.717) is 12.6 Å². The number of amides is 2. The summed E-state index contributed by atoms with van der Waals surface area (Å²) in [4.78, 5) is 26.3. The van der Waals surface area contributed by atoms with E-state index in [9.17, 15) is 22.8 Å². The molecular weight excluding hydrogens is 291 g/mol. The van der Waals surface area contributed by atoms with Crippen molar-refractivity contribution in [3.8, 4) is 0 Å². The van der Waals surface area contributed by atoms with Gasteiger partial charge < -0.3 is 15.7 Å². The maximum atomic E-state index is 12.7. The third kappa shape index (κ3) is 3.83. The highest BCUT2D eigenvalue weighted by atomic mass is 19.4. The Morgan fingerprint density at radius 1 is 1.33 bits per heavy atom. The average molecular weight is 305 g/mol. The summed E-state index contributed by atoms with van der Waals surface area (Å²) in [5, 5.41) is 12.3. The summed E-state index contributed by atoms with van der Waals surface area (Å²) in [7, 11) is 0. The molecule has 0 saturated heterocycles. The molecule has 0 fully saturated rings. The Hall–Kier alpha value is -2.32. The number of nitrogens with one attached hydrogen (secondary N) is 2. The second kappa shape index (κ2) is 5.98. The van der Waals surface area contributed by atoms with Gasteiger partial charge in [-0.25, -0.2) is 9.59 Å². The minimum atomic E-state index is -5.13. The predicted molar refractivity (Wildman–Crippen MR) is 66.4 cm³/mol. The molecule has 9 heteroatoms. The van der Waals surface area contributed by atoms with Gasteiger partial charge in [0, 0.05) is 6.20 Å². The fourth-order valence-corrected chi connectivity index (χ4v) is 1.41.